The van der Waals surface area contributed by atoms with E-state index in [-0.39, 0.29) is 0 Å². The Morgan fingerprint density at radius 1 is 1.07 bits per heavy atom. The van der Waals surface area contributed by atoms with Crippen LogP contribution in [0.2, 0.25) is 0 Å². The monoisotopic (exact) mass is 408 g/mol. The van der Waals surface area contributed by atoms with Gasteiger partial charge in [-0.25, -0.2) is 0 Å². The fourth-order valence-corrected chi connectivity index (χ4v) is 3.64. The molecular weight excluding hydrogens is 384 g/mol. The van der Waals surface area contributed by atoms with Gasteiger partial charge in [-0.1, -0.05) is 62.4 Å². The largest absolute Gasteiger partial charge is 0.493 e. The minimum absolute atomic E-state index is 0.452. The second kappa shape index (κ2) is 9.13. The Bertz CT molecular complexity index is 983. The molecule has 0 fully saturated rings. The normalized spacial score (nSPS) is 14.8. The summed E-state index contributed by atoms with van der Waals surface area (Å²) in [5.41, 5.74) is 3.41. The number of hydrogen-bond donors (Lipinski definition) is 1. The van der Waals surface area contributed by atoms with E-state index in [9.17, 15) is 0 Å². The van der Waals surface area contributed by atoms with Crippen LogP contribution < -0.4 is 14.8 Å². The zero-order valence-corrected chi connectivity index (χ0v) is 17.4. The first-order valence-corrected chi connectivity index (χ1v) is 10.9. The predicted octanol–water partition coefficient (Wildman–Crippen LogP) is 5.33. The van der Waals surface area contributed by atoms with Gasteiger partial charge in [0.1, 0.15) is 5.75 Å². The zero-order valence-electron chi connectivity index (χ0n) is 16.6. The lowest BCUT2D eigenvalue weighted by atomic mass is 10.1. The van der Waals surface area contributed by atoms with Crippen molar-refractivity contribution in [3.8, 4) is 22.9 Å². The molecule has 1 aliphatic heterocycles. The van der Waals surface area contributed by atoms with Gasteiger partial charge in [-0.05, 0) is 30.4 Å². The number of benzene rings is 2. The highest BCUT2D eigenvalue weighted by Crippen LogP contribution is 2.41. The lowest BCUT2D eigenvalue weighted by Crippen LogP contribution is -2.18. The van der Waals surface area contributed by atoms with E-state index in [0.717, 1.165) is 41.2 Å². The van der Waals surface area contributed by atoms with Gasteiger partial charge in [-0.2, -0.15) is 4.98 Å². The molecule has 7 heteroatoms. The topological polar surface area (TPSA) is 69.2 Å². The number of hydrogen-bond acceptors (Lipinski definition) is 7. The Balaban J connectivity index is 1.75. The molecule has 4 rings (SSSR count). The van der Waals surface area contributed by atoms with Crippen LogP contribution in [0.15, 0.2) is 53.7 Å². The highest BCUT2D eigenvalue weighted by Gasteiger charge is 2.27. The van der Waals surface area contributed by atoms with Crippen molar-refractivity contribution in [2.45, 2.75) is 38.1 Å². The minimum atomic E-state index is -0.452. The maximum atomic E-state index is 6.34. The Morgan fingerprint density at radius 3 is 2.76 bits per heavy atom. The van der Waals surface area contributed by atoms with Crippen LogP contribution in [0, 0.1) is 0 Å². The molecule has 0 unspecified atom stereocenters. The molecule has 2 heterocycles. The van der Waals surface area contributed by atoms with Crippen LogP contribution in [-0.4, -0.2) is 27.5 Å². The lowest BCUT2D eigenvalue weighted by Gasteiger charge is -2.22. The fourth-order valence-electron chi connectivity index (χ4n) is 3.13. The van der Waals surface area contributed by atoms with Crippen molar-refractivity contribution in [3.05, 3.63) is 54.1 Å². The van der Waals surface area contributed by atoms with Gasteiger partial charge in [-0.15, -0.1) is 10.2 Å². The second-order valence-electron chi connectivity index (χ2n) is 6.61. The average Bonchev–Trinajstić information content (AvgIpc) is 2.91. The van der Waals surface area contributed by atoms with Crippen molar-refractivity contribution in [2.75, 3.05) is 17.7 Å². The fraction of sp³-hybridized carbons (Fsp3) is 0.318. The zero-order chi connectivity index (χ0) is 20.1. The summed E-state index contributed by atoms with van der Waals surface area (Å²) < 4.78 is 12.4. The van der Waals surface area contributed by atoms with Crippen molar-refractivity contribution in [1.82, 2.24) is 15.2 Å². The molecule has 1 atom stereocenters. The summed E-state index contributed by atoms with van der Waals surface area (Å²) in [5, 5.41) is 12.8. The van der Waals surface area contributed by atoms with E-state index < -0.39 is 6.23 Å². The molecule has 0 spiro atoms. The molecule has 0 amide bonds. The number of thioether (sulfide) groups is 1. The Labute approximate surface area is 175 Å². The van der Waals surface area contributed by atoms with E-state index in [4.69, 9.17) is 9.47 Å². The van der Waals surface area contributed by atoms with Crippen molar-refractivity contribution in [3.63, 3.8) is 0 Å². The molecule has 2 aromatic carbocycles. The third-order valence-electron chi connectivity index (χ3n) is 4.56. The summed E-state index contributed by atoms with van der Waals surface area (Å²) in [5.74, 6) is 2.15. The van der Waals surface area contributed by atoms with Crippen LogP contribution in [0.1, 0.15) is 38.5 Å². The molecule has 3 aromatic rings. The standard InChI is InChI=1S/C22H24N4O2S/c1-3-5-14-27-18-13-9-7-11-16(18)20-23-17-12-8-6-10-15(17)19-21(28-20)24-22(26-25-19)29-4-2/h6-13,20,23H,3-5,14H2,1-2H3/t20-/m0/s1. The first-order chi connectivity index (χ1) is 14.3. The van der Waals surface area contributed by atoms with Crippen molar-refractivity contribution in [2.24, 2.45) is 0 Å². The summed E-state index contributed by atoms with van der Waals surface area (Å²) in [7, 11) is 0. The Hall–Kier alpha value is -2.80. The van der Waals surface area contributed by atoms with E-state index in [0.29, 0.717) is 23.3 Å². The van der Waals surface area contributed by atoms with E-state index in [2.05, 4.69) is 34.3 Å². The molecule has 1 N–H and O–H groups in total. The lowest BCUT2D eigenvalue weighted by molar-refractivity contribution is 0.215. The molecule has 150 valence electrons. The minimum Gasteiger partial charge on any atom is -0.493 e. The summed E-state index contributed by atoms with van der Waals surface area (Å²) in [6.45, 7) is 4.89. The second-order valence-corrected chi connectivity index (χ2v) is 7.84. The summed E-state index contributed by atoms with van der Waals surface area (Å²) in [4.78, 5) is 4.63. The van der Waals surface area contributed by atoms with E-state index in [1.807, 2.05) is 48.5 Å². The van der Waals surface area contributed by atoms with E-state index >= 15 is 0 Å². The third-order valence-corrected chi connectivity index (χ3v) is 5.28. The molecule has 0 radical (unpaired) electrons. The van der Waals surface area contributed by atoms with E-state index in [1.54, 1.807) is 11.8 Å². The highest BCUT2D eigenvalue weighted by atomic mass is 32.2. The SMILES string of the molecule is CCCCOc1ccccc1[C@H]1Nc2ccccc2-c2nnc(SCC)nc2O1. The van der Waals surface area contributed by atoms with E-state index in [1.165, 1.54) is 0 Å². The molecule has 0 bridgehead atoms. The number of rotatable bonds is 7. The summed E-state index contributed by atoms with van der Waals surface area (Å²) in [6, 6.07) is 15.9. The van der Waals surface area contributed by atoms with Crippen molar-refractivity contribution >= 4 is 17.4 Å². The smallest absolute Gasteiger partial charge is 0.247 e. The number of fused-ring (bicyclic) bond motifs is 3. The van der Waals surface area contributed by atoms with Gasteiger partial charge in [0.15, 0.2) is 5.69 Å². The van der Waals surface area contributed by atoms with Crippen LogP contribution in [-0.2, 0) is 0 Å². The number of nitrogens with zero attached hydrogens (tertiary/aromatic N) is 3. The van der Waals surface area contributed by atoms with Gasteiger partial charge in [-0.3, -0.25) is 0 Å². The molecule has 6 nitrogen and oxygen atoms in total. The maximum Gasteiger partial charge on any atom is 0.247 e. The first-order valence-electron chi connectivity index (χ1n) is 9.92. The van der Waals surface area contributed by atoms with Crippen LogP contribution in [0.5, 0.6) is 11.6 Å². The Morgan fingerprint density at radius 2 is 1.90 bits per heavy atom. The summed E-state index contributed by atoms with van der Waals surface area (Å²) >= 11 is 1.54. The predicted molar refractivity (Wildman–Crippen MR) is 115 cm³/mol. The number of anilines is 1. The Kier molecular flexibility index (Phi) is 6.14. The number of aromatic nitrogens is 3. The summed E-state index contributed by atoms with van der Waals surface area (Å²) in [6.07, 6.45) is 1.64. The van der Waals surface area contributed by atoms with Crippen LogP contribution >= 0.6 is 11.8 Å². The van der Waals surface area contributed by atoms with Gasteiger partial charge in [0.2, 0.25) is 17.3 Å². The van der Waals surface area contributed by atoms with Gasteiger partial charge in [0.05, 0.1) is 12.2 Å². The van der Waals surface area contributed by atoms with Gasteiger partial charge < -0.3 is 14.8 Å². The maximum absolute atomic E-state index is 6.34. The first kappa shape index (κ1) is 19.5. The van der Waals surface area contributed by atoms with Crippen LogP contribution in [0.25, 0.3) is 11.3 Å². The molecular formula is C22H24N4O2S. The highest BCUT2D eigenvalue weighted by molar-refractivity contribution is 7.99. The van der Waals surface area contributed by atoms with Gasteiger partial charge >= 0.3 is 0 Å². The van der Waals surface area contributed by atoms with Crippen molar-refractivity contribution in [1.29, 1.82) is 0 Å². The van der Waals surface area contributed by atoms with Gasteiger partial charge in [0, 0.05) is 11.3 Å². The third kappa shape index (κ3) is 4.29. The number of para-hydroxylation sites is 2. The van der Waals surface area contributed by atoms with Crippen molar-refractivity contribution < 1.29 is 9.47 Å². The molecule has 1 aromatic heterocycles. The molecule has 0 aliphatic carbocycles. The number of unbranched alkanes of at least 4 members (excludes halogenated alkanes) is 1. The molecule has 1 aliphatic rings. The van der Waals surface area contributed by atoms with Crippen LogP contribution in [0.4, 0.5) is 5.69 Å². The average molecular weight is 409 g/mol. The molecule has 0 saturated carbocycles. The van der Waals surface area contributed by atoms with Crippen LogP contribution in [0.3, 0.4) is 0 Å². The number of ether oxygens (including phenoxy) is 2. The van der Waals surface area contributed by atoms with Gasteiger partial charge in [0.25, 0.3) is 0 Å². The number of nitrogens with one attached hydrogen (secondary N) is 1. The quantitative estimate of drug-likeness (QED) is 0.418. The molecule has 0 saturated heterocycles. The molecule has 29 heavy (non-hydrogen) atoms.